The molecule has 2 N–H and O–H groups in total. The Hall–Kier alpha value is -2.98. The number of rotatable bonds is 6. The van der Waals surface area contributed by atoms with Crippen molar-refractivity contribution >= 4 is 56.8 Å². The van der Waals surface area contributed by atoms with Gasteiger partial charge in [-0.25, -0.2) is 4.68 Å². The van der Waals surface area contributed by atoms with Crippen LogP contribution in [0.4, 0.5) is 0 Å². The van der Waals surface area contributed by atoms with Gasteiger partial charge in [0.25, 0.3) is 11.7 Å². The fourth-order valence-corrected chi connectivity index (χ4v) is 4.47. The summed E-state index contributed by atoms with van der Waals surface area (Å²) in [5.41, 5.74) is 6.12. The summed E-state index contributed by atoms with van der Waals surface area (Å²) in [4.78, 5) is 37.6. The normalized spacial score (nSPS) is 12.0. The summed E-state index contributed by atoms with van der Waals surface area (Å²) in [5.74, 6) is -1.86. The molecular weight excluding hydrogens is 424 g/mol. The van der Waals surface area contributed by atoms with Gasteiger partial charge in [0, 0.05) is 18.1 Å². The van der Waals surface area contributed by atoms with E-state index in [0.717, 1.165) is 0 Å². The molecule has 0 radical (unpaired) electrons. The third-order valence-corrected chi connectivity index (χ3v) is 5.90. The fourth-order valence-electron chi connectivity index (χ4n) is 3.21. The quantitative estimate of drug-likeness (QED) is 0.354. The van der Waals surface area contributed by atoms with Crippen molar-refractivity contribution in [2.24, 2.45) is 5.73 Å². The van der Waals surface area contributed by atoms with Crippen molar-refractivity contribution in [1.82, 2.24) is 14.3 Å². The number of ketones is 1. The van der Waals surface area contributed by atoms with Crippen LogP contribution in [0.25, 0.3) is 10.9 Å². The number of nitrogens with zero attached hydrogens (tertiary/aromatic N) is 3. The van der Waals surface area contributed by atoms with Gasteiger partial charge >= 0.3 is 0 Å². The molecular formula is C20H20N4O4S2. The number of benzene rings is 1. The average molecular weight is 445 g/mol. The molecule has 0 saturated carbocycles. The predicted molar refractivity (Wildman–Crippen MR) is 119 cm³/mol. The van der Waals surface area contributed by atoms with Crippen molar-refractivity contribution in [3.05, 3.63) is 47.9 Å². The number of hydrogen-bond donors (Lipinski definition) is 1. The van der Waals surface area contributed by atoms with Gasteiger partial charge in [-0.15, -0.1) is 0 Å². The van der Waals surface area contributed by atoms with Gasteiger partial charge in [0.2, 0.25) is 5.91 Å². The van der Waals surface area contributed by atoms with E-state index in [9.17, 15) is 14.4 Å². The third kappa shape index (κ3) is 3.88. The van der Waals surface area contributed by atoms with Crippen LogP contribution in [-0.4, -0.2) is 48.1 Å². The van der Waals surface area contributed by atoms with Crippen LogP contribution < -0.4 is 10.5 Å². The highest BCUT2D eigenvalue weighted by Crippen LogP contribution is 2.35. The molecule has 0 aliphatic carbocycles. The number of amides is 1. The van der Waals surface area contributed by atoms with Crippen LogP contribution in [-0.2, 0) is 4.79 Å². The first-order valence-corrected chi connectivity index (χ1v) is 10.4. The minimum absolute atomic E-state index is 0.0711. The van der Waals surface area contributed by atoms with Gasteiger partial charge in [-0.05, 0) is 39.0 Å². The van der Waals surface area contributed by atoms with Crippen LogP contribution in [0, 0.1) is 6.92 Å². The van der Waals surface area contributed by atoms with Gasteiger partial charge in [-0.1, -0.05) is 30.0 Å². The number of carbonyl (C=O) groups is 3. The summed E-state index contributed by atoms with van der Waals surface area (Å²) in [6, 6.07) is 6.84. The second-order valence-corrected chi connectivity index (χ2v) is 8.36. The van der Waals surface area contributed by atoms with Gasteiger partial charge in [-0.2, -0.15) is 5.10 Å². The van der Waals surface area contributed by atoms with E-state index < -0.39 is 16.9 Å². The lowest BCUT2D eigenvalue weighted by Crippen LogP contribution is -2.26. The molecule has 2 aromatic heterocycles. The Kier molecular flexibility index (Phi) is 6.37. The highest BCUT2D eigenvalue weighted by atomic mass is 32.2. The zero-order chi connectivity index (χ0) is 22.0. The smallest absolute Gasteiger partial charge is 0.289 e. The summed E-state index contributed by atoms with van der Waals surface area (Å²) in [7, 11) is 0. The fraction of sp³-hybridized carbons (Fsp3) is 0.250. The number of nitrogens with two attached hydrogens (primary N) is 1. The number of hydrogen-bond acceptors (Lipinski definition) is 7. The van der Waals surface area contributed by atoms with Crippen molar-refractivity contribution in [3.8, 4) is 5.75 Å². The number of thiocarbonyl (C=S) groups is 1. The number of fused-ring (bicyclic) bond motifs is 1. The maximum Gasteiger partial charge on any atom is 0.289 e. The number of thioether (sulfide) groups is 1. The van der Waals surface area contributed by atoms with Crippen LogP contribution in [0.1, 0.15) is 34.7 Å². The summed E-state index contributed by atoms with van der Waals surface area (Å²) >= 11 is 6.52. The van der Waals surface area contributed by atoms with E-state index in [4.69, 9.17) is 22.7 Å². The largest absolute Gasteiger partial charge is 0.493 e. The standard InChI is InChI=1S/C20H20N4O4S2/c1-4-28-14-8-5-7-13-16(14)15(17(25)18(21)26)11(2)24(13)19(27)12(3)30-20(29)23-10-6-9-22-23/h5-10,12H,4H2,1-3H3,(H2,21,26). The van der Waals surface area contributed by atoms with Gasteiger partial charge in [0.1, 0.15) is 5.75 Å². The zero-order valence-electron chi connectivity index (χ0n) is 16.6. The molecule has 30 heavy (non-hydrogen) atoms. The van der Waals surface area contributed by atoms with Crippen molar-refractivity contribution in [1.29, 1.82) is 0 Å². The Morgan fingerprint density at radius 1 is 1.30 bits per heavy atom. The topological polar surface area (TPSA) is 109 Å². The molecule has 156 valence electrons. The first kappa shape index (κ1) is 21.7. The molecule has 3 rings (SSSR count). The minimum atomic E-state index is -1.10. The van der Waals surface area contributed by atoms with E-state index in [1.54, 1.807) is 57.4 Å². The number of aromatic nitrogens is 3. The summed E-state index contributed by atoms with van der Waals surface area (Å²) in [6.07, 6.45) is 3.29. The Labute approximate surface area is 182 Å². The van der Waals surface area contributed by atoms with E-state index in [-0.39, 0.29) is 11.5 Å². The number of Topliss-reactive ketones (excluding diaryl/α,β-unsaturated/α-hetero) is 1. The molecule has 0 saturated heterocycles. The minimum Gasteiger partial charge on any atom is -0.493 e. The van der Waals surface area contributed by atoms with Crippen LogP contribution in [0.2, 0.25) is 0 Å². The molecule has 1 amide bonds. The van der Waals surface area contributed by atoms with E-state index in [1.807, 2.05) is 0 Å². The Balaban J connectivity index is 2.11. The summed E-state index contributed by atoms with van der Waals surface area (Å²) in [5, 5.41) is 3.88. The molecule has 2 heterocycles. The van der Waals surface area contributed by atoms with Crippen molar-refractivity contribution in [2.75, 3.05) is 6.61 Å². The molecule has 0 bridgehead atoms. The SMILES string of the molecule is CCOc1cccc2c1c(C(=O)C(N)=O)c(C)n2C(=O)C(C)SC(=S)n1cccn1. The van der Waals surface area contributed by atoms with E-state index in [1.165, 1.54) is 21.0 Å². The van der Waals surface area contributed by atoms with Crippen molar-refractivity contribution in [3.63, 3.8) is 0 Å². The lowest BCUT2D eigenvalue weighted by atomic mass is 10.1. The van der Waals surface area contributed by atoms with Gasteiger partial charge < -0.3 is 10.5 Å². The highest BCUT2D eigenvalue weighted by molar-refractivity contribution is 8.23. The summed E-state index contributed by atoms with van der Waals surface area (Å²) < 4.78 is 8.97. The Bertz CT molecular complexity index is 1150. The maximum atomic E-state index is 13.3. The highest BCUT2D eigenvalue weighted by Gasteiger charge is 2.30. The molecule has 1 aromatic carbocycles. The van der Waals surface area contributed by atoms with E-state index in [2.05, 4.69) is 5.10 Å². The Morgan fingerprint density at radius 3 is 2.63 bits per heavy atom. The first-order chi connectivity index (χ1) is 14.3. The molecule has 0 fully saturated rings. The van der Waals surface area contributed by atoms with Crippen LogP contribution in [0.3, 0.4) is 0 Å². The van der Waals surface area contributed by atoms with Gasteiger partial charge in [-0.3, -0.25) is 19.0 Å². The second kappa shape index (κ2) is 8.80. The third-order valence-electron chi connectivity index (χ3n) is 4.48. The molecule has 0 spiro atoms. The molecule has 3 aromatic rings. The number of ether oxygens (including phenoxy) is 1. The Morgan fingerprint density at radius 2 is 2.03 bits per heavy atom. The molecule has 10 heteroatoms. The first-order valence-electron chi connectivity index (χ1n) is 9.13. The lowest BCUT2D eigenvalue weighted by Gasteiger charge is -2.14. The predicted octanol–water partition coefficient (Wildman–Crippen LogP) is 2.81. The van der Waals surface area contributed by atoms with E-state index >= 15 is 0 Å². The molecule has 0 aliphatic heterocycles. The van der Waals surface area contributed by atoms with E-state index in [0.29, 0.717) is 33.3 Å². The monoisotopic (exact) mass is 444 g/mol. The second-order valence-electron chi connectivity index (χ2n) is 6.39. The molecule has 1 atom stereocenters. The number of carbonyl (C=O) groups excluding carboxylic acids is 3. The lowest BCUT2D eigenvalue weighted by molar-refractivity contribution is -0.114. The van der Waals surface area contributed by atoms with Crippen LogP contribution >= 0.6 is 24.0 Å². The van der Waals surface area contributed by atoms with Crippen LogP contribution in [0.5, 0.6) is 5.75 Å². The average Bonchev–Trinajstić information content (AvgIpc) is 3.33. The molecule has 8 nitrogen and oxygen atoms in total. The van der Waals surface area contributed by atoms with Crippen LogP contribution in [0.15, 0.2) is 36.7 Å². The van der Waals surface area contributed by atoms with Gasteiger partial charge in [0.05, 0.1) is 28.3 Å². The maximum absolute atomic E-state index is 13.3. The molecule has 1 unspecified atom stereocenters. The zero-order valence-corrected chi connectivity index (χ0v) is 18.3. The van der Waals surface area contributed by atoms with Crippen molar-refractivity contribution in [2.45, 2.75) is 26.0 Å². The van der Waals surface area contributed by atoms with Gasteiger partial charge in [0.15, 0.2) is 4.32 Å². The van der Waals surface area contributed by atoms with Crippen molar-refractivity contribution < 1.29 is 19.1 Å². The number of primary amides is 1. The molecule has 0 aliphatic rings. The summed E-state index contributed by atoms with van der Waals surface area (Å²) in [6.45, 7) is 5.48.